The lowest BCUT2D eigenvalue weighted by atomic mass is 10.0. The van der Waals surface area contributed by atoms with Crippen LogP contribution in [0.3, 0.4) is 0 Å². The number of carbonyl (C=O) groups is 1. The van der Waals surface area contributed by atoms with Crippen LogP contribution in [0.5, 0.6) is 0 Å². The molecule has 2 heterocycles. The fourth-order valence-electron chi connectivity index (χ4n) is 3.35. The molecule has 5 heteroatoms. The van der Waals surface area contributed by atoms with Gasteiger partial charge in [0.15, 0.2) is 0 Å². The summed E-state index contributed by atoms with van der Waals surface area (Å²) >= 11 is 1.74. The van der Waals surface area contributed by atoms with Gasteiger partial charge in [0.25, 0.3) is 0 Å². The molecule has 0 fully saturated rings. The molecule has 0 radical (unpaired) electrons. The van der Waals surface area contributed by atoms with Gasteiger partial charge in [-0.2, -0.15) is 0 Å². The van der Waals surface area contributed by atoms with E-state index in [9.17, 15) is 4.79 Å². The molecule has 2 N–H and O–H groups in total. The number of para-hydroxylation sites is 2. The second-order valence-electron chi connectivity index (χ2n) is 6.88. The van der Waals surface area contributed by atoms with Crippen molar-refractivity contribution in [2.24, 2.45) is 0 Å². The molecule has 1 amide bonds. The number of aryl methyl sites for hydroxylation is 1. The fourth-order valence-corrected chi connectivity index (χ4v) is 4.10. The zero-order valence-corrected chi connectivity index (χ0v) is 16.4. The summed E-state index contributed by atoms with van der Waals surface area (Å²) in [6.45, 7) is 0. The van der Waals surface area contributed by atoms with Gasteiger partial charge in [-0.25, -0.2) is 4.98 Å². The minimum absolute atomic E-state index is 0.0675. The van der Waals surface area contributed by atoms with Crippen molar-refractivity contribution in [2.45, 2.75) is 31.7 Å². The number of rotatable bonds is 8. The number of hydrogen-bond acceptors (Lipinski definition) is 3. The number of H-pyrrole nitrogens is 1. The van der Waals surface area contributed by atoms with Crippen LogP contribution in [0.4, 0.5) is 0 Å². The van der Waals surface area contributed by atoms with Crippen LogP contribution >= 0.6 is 11.3 Å². The summed E-state index contributed by atoms with van der Waals surface area (Å²) in [7, 11) is 0. The van der Waals surface area contributed by atoms with Crippen molar-refractivity contribution < 1.29 is 4.79 Å². The molecule has 2 aromatic carbocycles. The van der Waals surface area contributed by atoms with E-state index in [2.05, 4.69) is 39.9 Å². The molecule has 142 valence electrons. The van der Waals surface area contributed by atoms with Crippen LogP contribution in [-0.4, -0.2) is 15.9 Å². The van der Waals surface area contributed by atoms with Gasteiger partial charge in [0.05, 0.1) is 17.1 Å². The molecule has 2 aromatic heterocycles. The summed E-state index contributed by atoms with van der Waals surface area (Å²) in [6, 6.07) is 22.2. The van der Waals surface area contributed by atoms with Gasteiger partial charge in [-0.1, -0.05) is 48.5 Å². The first-order valence-corrected chi connectivity index (χ1v) is 10.5. The highest BCUT2D eigenvalue weighted by molar-refractivity contribution is 7.09. The van der Waals surface area contributed by atoms with Gasteiger partial charge in [-0.3, -0.25) is 4.79 Å². The monoisotopic (exact) mass is 389 g/mol. The van der Waals surface area contributed by atoms with Crippen LogP contribution in [0, 0.1) is 0 Å². The van der Waals surface area contributed by atoms with E-state index in [1.165, 1.54) is 10.4 Å². The van der Waals surface area contributed by atoms with Crippen LogP contribution in [0.1, 0.15) is 35.1 Å². The Morgan fingerprint density at radius 3 is 2.64 bits per heavy atom. The number of imidazole rings is 1. The number of benzene rings is 2. The maximum Gasteiger partial charge on any atom is 0.220 e. The lowest BCUT2D eigenvalue weighted by Crippen LogP contribution is -2.30. The van der Waals surface area contributed by atoms with Crippen LogP contribution in [0.25, 0.3) is 11.0 Å². The van der Waals surface area contributed by atoms with Crippen LogP contribution in [0.2, 0.25) is 0 Å². The van der Waals surface area contributed by atoms with Crippen molar-refractivity contribution in [2.75, 3.05) is 0 Å². The highest BCUT2D eigenvalue weighted by atomic mass is 32.1. The van der Waals surface area contributed by atoms with Crippen molar-refractivity contribution in [3.63, 3.8) is 0 Å². The lowest BCUT2D eigenvalue weighted by Gasteiger charge is -2.17. The second-order valence-corrected chi connectivity index (χ2v) is 7.91. The number of nitrogens with zero attached hydrogens (tertiary/aromatic N) is 1. The Morgan fingerprint density at radius 2 is 1.86 bits per heavy atom. The van der Waals surface area contributed by atoms with E-state index < -0.39 is 0 Å². The first-order chi connectivity index (χ1) is 13.8. The zero-order chi connectivity index (χ0) is 19.2. The average molecular weight is 390 g/mol. The third-order valence-corrected chi connectivity index (χ3v) is 5.70. The standard InChI is InChI=1S/C23H23N3OS/c27-22(14-6-10-18-11-7-15-28-18)24-21(16-17-8-2-1-3-9-17)23-25-19-12-4-5-13-20(19)26-23/h1-5,7-9,11-13,15,21H,6,10,14,16H2,(H,24,27)(H,25,26). The van der Waals surface area contributed by atoms with Crippen molar-refractivity contribution >= 4 is 28.3 Å². The molecular formula is C23H23N3OS. The number of carbonyl (C=O) groups excluding carboxylic acids is 1. The number of hydrogen-bond donors (Lipinski definition) is 2. The summed E-state index contributed by atoms with van der Waals surface area (Å²) in [4.78, 5) is 22.0. The van der Waals surface area contributed by atoms with Gasteiger partial charge < -0.3 is 10.3 Å². The Labute approximate surface area is 168 Å². The molecule has 0 aliphatic heterocycles. The molecule has 4 aromatic rings. The fraction of sp³-hybridized carbons (Fsp3) is 0.217. The Kier molecular flexibility index (Phi) is 5.83. The van der Waals surface area contributed by atoms with Crippen molar-refractivity contribution in [1.82, 2.24) is 15.3 Å². The summed E-state index contributed by atoms with van der Waals surface area (Å²) < 4.78 is 0. The van der Waals surface area contributed by atoms with Gasteiger partial charge in [-0.05, 0) is 48.4 Å². The molecule has 28 heavy (non-hydrogen) atoms. The van der Waals surface area contributed by atoms with Crippen LogP contribution in [0.15, 0.2) is 72.1 Å². The maximum atomic E-state index is 12.6. The number of fused-ring (bicyclic) bond motifs is 1. The number of aromatic nitrogens is 2. The maximum absolute atomic E-state index is 12.6. The molecule has 0 aliphatic rings. The van der Waals surface area contributed by atoms with Gasteiger partial charge in [0, 0.05) is 11.3 Å². The van der Waals surface area contributed by atoms with E-state index in [-0.39, 0.29) is 11.9 Å². The molecule has 0 aliphatic carbocycles. The highest BCUT2D eigenvalue weighted by Gasteiger charge is 2.19. The van der Waals surface area contributed by atoms with E-state index in [0.29, 0.717) is 12.8 Å². The quantitative estimate of drug-likeness (QED) is 0.443. The van der Waals surface area contributed by atoms with E-state index in [4.69, 9.17) is 4.98 Å². The Balaban J connectivity index is 1.46. The summed E-state index contributed by atoms with van der Waals surface area (Å²) in [5.41, 5.74) is 3.08. The number of thiophene rings is 1. The molecule has 4 rings (SSSR count). The second kappa shape index (κ2) is 8.85. The minimum atomic E-state index is -0.177. The topological polar surface area (TPSA) is 57.8 Å². The zero-order valence-electron chi connectivity index (χ0n) is 15.6. The van der Waals surface area contributed by atoms with Crippen LogP contribution in [-0.2, 0) is 17.6 Å². The van der Waals surface area contributed by atoms with E-state index in [1.54, 1.807) is 11.3 Å². The van der Waals surface area contributed by atoms with Gasteiger partial charge in [-0.15, -0.1) is 11.3 Å². The Morgan fingerprint density at radius 1 is 1.04 bits per heavy atom. The van der Waals surface area contributed by atoms with Gasteiger partial charge in [0.1, 0.15) is 5.82 Å². The number of aromatic amines is 1. The molecule has 0 spiro atoms. The first-order valence-electron chi connectivity index (χ1n) is 9.58. The third kappa shape index (κ3) is 4.67. The smallest absolute Gasteiger partial charge is 0.220 e. The lowest BCUT2D eigenvalue weighted by molar-refractivity contribution is -0.122. The highest BCUT2D eigenvalue weighted by Crippen LogP contribution is 2.20. The first kappa shape index (κ1) is 18.4. The average Bonchev–Trinajstić information content (AvgIpc) is 3.38. The molecule has 0 bridgehead atoms. The molecule has 1 atom stereocenters. The van der Waals surface area contributed by atoms with E-state index >= 15 is 0 Å². The predicted octanol–water partition coefficient (Wildman–Crippen LogP) is 5.05. The summed E-state index contributed by atoms with van der Waals surface area (Å²) in [5, 5.41) is 5.27. The predicted molar refractivity (Wildman–Crippen MR) is 114 cm³/mol. The minimum Gasteiger partial charge on any atom is -0.346 e. The summed E-state index contributed by atoms with van der Waals surface area (Å²) in [5.74, 6) is 0.870. The van der Waals surface area contributed by atoms with E-state index in [1.807, 2.05) is 42.5 Å². The SMILES string of the molecule is O=C(CCCc1cccs1)NC(Cc1ccccc1)c1nc2ccccc2[nH]1. The van der Waals surface area contributed by atoms with Gasteiger partial charge >= 0.3 is 0 Å². The van der Waals surface area contributed by atoms with Crippen LogP contribution < -0.4 is 5.32 Å². The normalized spacial score (nSPS) is 12.1. The number of amides is 1. The Bertz CT molecular complexity index is 991. The van der Waals surface area contributed by atoms with E-state index in [0.717, 1.165) is 29.7 Å². The molecule has 0 saturated carbocycles. The summed E-state index contributed by atoms with van der Waals surface area (Å²) in [6.07, 6.45) is 3.02. The largest absolute Gasteiger partial charge is 0.346 e. The van der Waals surface area contributed by atoms with Gasteiger partial charge in [0.2, 0.25) is 5.91 Å². The van der Waals surface area contributed by atoms with Crippen molar-refractivity contribution in [1.29, 1.82) is 0 Å². The molecule has 4 nitrogen and oxygen atoms in total. The Hall–Kier alpha value is -2.92. The number of nitrogens with one attached hydrogen (secondary N) is 2. The van der Waals surface area contributed by atoms with Crippen molar-refractivity contribution in [3.8, 4) is 0 Å². The molecule has 1 unspecified atom stereocenters. The molecule has 0 saturated heterocycles. The molecular weight excluding hydrogens is 366 g/mol. The van der Waals surface area contributed by atoms with Crippen molar-refractivity contribution in [3.05, 3.63) is 88.4 Å². The third-order valence-electron chi connectivity index (χ3n) is 4.76.